The van der Waals surface area contributed by atoms with Crippen LogP contribution in [0.15, 0.2) is 30.3 Å². The molecule has 1 aromatic carbocycles. The molecule has 1 aromatic rings. The number of benzene rings is 1. The van der Waals surface area contributed by atoms with E-state index >= 15 is 0 Å². The van der Waals surface area contributed by atoms with Crippen LogP contribution in [0.25, 0.3) is 0 Å². The Hall–Kier alpha value is -1.92. The molecule has 0 aliphatic carbocycles. The molecule has 2 fully saturated rings. The van der Waals surface area contributed by atoms with Gasteiger partial charge in [-0.3, -0.25) is 14.5 Å². The highest BCUT2D eigenvalue weighted by atomic mass is 16.2. The predicted molar refractivity (Wildman–Crippen MR) is 111 cm³/mol. The number of hydrogen-bond donors (Lipinski definition) is 1. The molecule has 0 bridgehead atoms. The SMILES string of the molecule is CC(=O)N1CCC[C@@H](C(=O)NCCCN2CCN(C)C[C@H]2c2ccccc2)C1. The van der Waals surface area contributed by atoms with E-state index in [0.717, 1.165) is 52.0 Å². The minimum Gasteiger partial charge on any atom is -0.356 e. The number of rotatable bonds is 6. The van der Waals surface area contributed by atoms with E-state index < -0.39 is 0 Å². The normalized spacial score (nSPS) is 24.1. The monoisotopic (exact) mass is 386 g/mol. The summed E-state index contributed by atoms with van der Waals surface area (Å²) in [6.07, 6.45) is 2.74. The lowest BCUT2D eigenvalue weighted by Crippen LogP contribution is -2.48. The van der Waals surface area contributed by atoms with Crippen LogP contribution in [-0.2, 0) is 9.59 Å². The van der Waals surface area contributed by atoms with Crippen LogP contribution in [0.2, 0.25) is 0 Å². The first-order valence-corrected chi connectivity index (χ1v) is 10.6. The second kappa shape index (κ2) is 10.0. The molecule has 6 nitrogen and oxygen atoms in total. The Morgan fingerprint density at radius 2 is 1.89 bits per heavy atom. The van der Waals surface area contributed by atoms with Crippen LogP contribution in [0.4, 0.5) is 0 Å². The third-order valence-electron chi connectivity index (χ3n) is 6.04. The van der Waals surface area contributed by atoms with Crippen LogP contribution < -0.4 is 5.32 Å². The van der Waals surface area contributed by atoms with Crippen molar-refractivity contribution in [2.24, 2.45) is 5.92 Å². The Labute approximate surface area is 168 Å². The third kappa shape index (κ3) is 5.55. The van der Waals surface area contributed by atoms with Crippen LogP contribution in [0.3, 0.4) is 0 Å². The molecule has 154 valence electrons. The molecule has 2 saturated heterocycles. The fraction of sp³-hybridized carbons (Fsp3) is 0.636. The fourth-order valence-electron chi connectivity index (χ4n) is 4.33. The molecular weight excluding hydrogens is 352 g/mol. The van der Waals surface area contributed by atoms with Gasteiger partial charge in [0.05, 0.1) is 5.92 Å². The lowest BCUT2D eigenvalue weighted by atomic mass is 9.97. The van der Waals surface area contributed by atoms with Gasteiger partial charge < -0.3 is 15.1 Å². The van der Waals surface area contributed by atoms with Crippen LogP contribution in [-0.4, -0.2) is 79.4 Å². The van der Waals surface area contributed by atoms with Crippen molar-refractivity contribution >= 4 is 11.8 Å². The zero-order valence-electron chi connectivity index (χ0n) is 17.3. The fourth-order valence-corrected chi connectivity index (χ4v) is 4.33. The Morgan fingerprint density at radius 3 is 2.64 bits per heavy atom. The van der Waals surface area contributed by atoms with Gasteiger partial charge in [-0.15, -0.1) is 0 Å². The molecule has 2 aliphatic rings. The molecule has 2 heterocycles. The van der Waals surface area contributed by atoms with Gasteiger partial charge in [-0.1, -0.05) is 30.3 Å². The summed E-state index contributed by atoms with van der Waals surface area (Å²) < 4.78 is 0. The summed E-state index contributed by atoms with van der Waals surface area (Å²) in [7, 11) is 2.18. The Balaban J connectivity index is 1.44. The van der Waals surface area contributed by atoms with Crippen molar-refractivity contribution in [3.05, 3.63) is 35.9 Å². The van der Waals surface area contributed by atoms with Gasteiger partial charge in [-0.2, -0.15) is 0 Å². The summed E-state index contributed by atoms with van der Waals surface area (Å²) in [5.41, 5.74) is 1.37. The smallest absolute Gasteiger partial charge is 0.224 e. The minimum absolute atomic E-state index is 0.0571. The number of nitrogens with zero attached hydrogens (tertiary/aromatic N) is 3. The lowest BCUT2D eigenvalue weighted by molar-refractivity contribution is -0.133. The highest BCUT2D eigenvalue weighted by molar-refractivity contribution is 5.80. The number of nitrogens with one attached hydrogen (secondary N) is 1. The molecule has 0 aromatic heterocycles. The molecule has 0 radical (unpaired) electrons. The number of carbonyl (C=O) groups excluding carboxylic acids is 2. The maximum atomic E-state index is 12.5. The maximum absolute atomic E-state index is 12.5. The average Bonchev–Trinajstić information content (AvgIpc) is 2.72. The van der Waals surface area contributed by atoms with Crippen molar-refractivity contribution < 1.29 is 9.59 Å². The van der Waals surface area contributed by atoms with Crippen molar-refractivity contribution in [2.75, 3.05) is 52.9 Å². The summed E-state index contributed by atoms with van der Waals surface area (Å²) >= 11 is 0. The number of likely N-dealkylation sites (tertiary alicyclic amines) is 1. The Morgan fingerprint density at radius 1 is 1.11 bits per heavy atom. The number of amides is 2. The van der Waals surface area contributed by atoms with E-state index in [1.807, 2.05) is 0 Å². The zero-order valence-corrected chi connectivity index (χ0v) is 17.3. The van der Waals surface area contributed by atoms with Gasteiger partial charge in [-0.25, -0.2) is 0 Å². The first kappa shape index (κ1) is 20.8. The molecule has 28 heavy (non-hydrogen) atoms. The van der Waals surface area contributed by atoms with Gasteiger partial charge >= 0.3 is 0 Å². The lowest BCUT2D eigenvalue weighted by Gasteiger charge is -2.40. The molecule has 0 spiro atoms. The molecule has 1 N–H and O–H groups in total. The van der Waals surface area contributed by atoms with E-state index in [1.165, 1.54) is 5.56 Å². The van der Waals surface area contributed by atoms with Crippen molar-refractivity contribution in [1.82, 2.24) is 20.0 Å². The first-order valence-electron chi connectivity index (χ1n) is 10.6. The molecule has 2 amide bonds. The molecule has 0 saturated carbocycles. The molecular formula is C22H34N4O2. The maximum Gasteiger partial charge on any atom is 0.224 e. The number of likely N-dealkylation sites (N-methyl/N-ethyl adjacent to an activating group) is 1. The molecule has 2 atom stereocenters. The van der Waals surface area contributed by atoms with Crippen molar-refractivity contribution in [3.8, 4) is 0 Å². The standard InChI is InChI=1S/C22H34N4O2/c1-18(27)26-12-6-10-20(16-26)22(28)23-11-7-13-25-15-14-24(2)17-21(25)19-8-4-3-5-9-19/h3-5,8-9,20-21H,6-7,10-17H2,1-2H3,(H,23,28)/t20-,21+/m1/s1. The summed E-state index contributed by atoms with van der Waals surface area (Å²) in [6.45, 7) is 7.79. The third-order valence-corrected chi connectivity index (χ3v) is 6.04. The van der Waals surface area contributed by atoms with Crippen molar-refractivity contribution in [3.63, 3.8) is 0 Å². The summed E-state index contributed by atoms with van der Waals surface area (Å²) in [5.74, 6) is 0.113. The number of piperazine rings is 1. The van der Waals surface area contributed by atoms with E-state index in [1.54, 1.807) is 11.8 Å². The molecule has 0 unspecified atom stereocenters. The van der Waals surface area contributed by atoms with Crippen molar-refractivity contribution in [1.29, 1.82) is 0 Å². The van der Waals surface area contributed by atoms with Crippen LogP contribution in [0, 0.1) is 5.92 Å². The van der Waals surface area contributed by atoms with E-state index in [4.69, 9.17) is 0 Å². The van der Waals surface area contributed by atoms with Crippen LogP contribution in [0.5, 0.6) is 0 Å². The van der Waals surface area contributed by atoms with Crippen LogP contribution >= 0.6 is 0 Å². The average molecular weight is 387 g/mol. The second-order valence-electron chi connectivity index (χ2n) is 8.17. The van der Waals surface area contributed by atoms with Crippen molar-refractivity contribution in [2.45, 2.75) is 32.2 Å². The van der Waals surface area contributed by atoms with E-state index in [0.29, 0.717) is 19.1 Å². The Bertz CT molecular complexity index is 651. The highest BCUT2D eigenvalue weighted by Gasteiger charge is 2.28. The molecule has 3 rings (SSSR count). The van der Waals surface area contributed by atoms with Gasteiger partial charge in [0.1, 0.15) is 0 Å². The largest absolute Gasteiger partial charge is 0.356 e. The number of piperidine rings is 1. The van der Waals surface area contributed by atoms with E-state index in [2.05, 4.69) is 52.5 Å². The highest BCUT2D eigenvalue weighted by Crippen LogP contribution is 2.24. The summed E-state index contributed by atoms with van der Waals surface area (Å²) in [5, 5.41) is 3.10. The Kier molecular flexibility index (Phi) is 7.45. The van der Waals surface area contributed by atoms with E-state index in [9.17, 15) is 9.59 Å². The van der Waals surface area contributed by atoms with Gasteiger partial charge in [0.2, 0.25) is 11.8 Å². The number of hydrogen-bond acceptors (Lipinski definition) is 4. The molecule has 6 heteroatoms. The summed E-state index contributed by atoms with van der Waals surface area (Å²) in [6, 6.07) is 11.1. The van der Waals surface area contributed by atoms with Gasteiger partial charge in [0, 0.05) is 58.8 Å². The number of carbonyl (C=O) groups is 2. The second-order valence-corrected chi connectivity index (χ2v) is 8.17. The predicted octanol–water partition coefficient (Wildman–Crippen LogP) is 1.74. The van der Waals surface area contributed by atoms with Gasteiger partial charge in [0.15, 0.2) is 0 Å². The van der Waals surface area contributed by atoms with Gasteiger partial charge in [-0.05, 0) is 31.9 Å². The quantitative estimate of drug-likeness (QED) is 0.757. The minimum atomic E-state index is -0.0571. The van der Waals surface area contributed by atoms with Gasteiger partial charge in [0.25, 0.3) is 0 Å². The zero-order chi connectivity index (χ0) is 19.9. The van der Waals surface area contributed by atoms with Crippen LogP contribution in [0.1, 0.15) is 37.8 Å². The van der Waals surface area contributed by atoms with E-state index in [-0.39, 0.29) is 17.7 Å². The topological polar surface area (TPSA) is 55.9 Å². The molecule has 2 aliphatic heterocycles. The summed E-state index contributed by atoms with van der Waals surface area (Å²) in [4.78, 5) is 30.8. The first-order chi connectivity index (χ1) is 13.5.